The zero-order valence-electron chi connectivity index (χ0n) is 8.56. The highest BCUT2D eigenvalue weighted by Gasteiger charge is 1.98. The van der Waals surface area contributed by atoms with Gasteiger partial charge >= 0.3 is 6.09 Å². The first kappa shape index (κ1) is 11.0. The van der Waals surface area contributed by atoms with Crippen LogP contribution >= 0.6 is 0 Å². The molecule has 0 aliphatic heterocycles. The van der Waals surface area contributed by atoms with Crippen molar-refractivity contribution < 1.29 is 14.3 Å². The Morgan fingerprint density at radius 2 is 2.13 bits per heavy atom. The number of methoxy groups -OCH3 is 2. The maximum absolute atomic E-state index is 10.7. The molecule has 0 heterocycles. The average Bonchev–Trinajstić information content (AvgIpc) is 2.29. The molecule has 1 aromatic carbocycles. The molecular formula is C10H12N2O3. The number of para-hydroxylation sites is 1. The second kappa shape index (κ2) is 5.64. The van der Waals surface area contributed by atoms with E-state index in [4.69, 9.17) is 4.74 Å². The Hall–Kier alpha value is -2.04. The van der Waals surface area contributed by atoms with Gasteiger partial charge in [-0.1, -0.05) is 12.1 Å². The molecule has 0 aliphatic carbocycles. The van der Waals surface area contributed by atoms with Gasteiger partial charge in [0.2, 0.25) is 0 Å². The minimum atomic E-state index is -0.610. The Labute approximate surface area is 87.7 Å². The summed E-state index contributed by atoms with van der Waals surface area (Å²) in [4.78, 5) is 10.7. The van der Waals surface area contributed by atoms with Crippen LogP contribution in [0.15, 0.2) is 29.4 Å². The minimum absolute atomic E-state index is 0.610. The van der Waals surface area contributed by atoms with E-state index in [1.54, 1.807) is 13.2 Å². The van der Waals surface area contributed by atoms with E-state index in [9.17, 15) is 4.79 Å². The molecule has 1 amide bonds. The largest absolute Gasteiger partial charge is 0.496 e. The van der Waals surface area contributed by atoms with Gasteiger partial charge in [0, 0.05) is 5.56 Å². The smallest absolute Gasteiger partial charge is 0.427 e. The Morgan fingerprint density at radius 3 is 2.80 bits per heavy atom. The topological polar surface area (TPSA) is 59.9 Å². The van der Waals surface area contributed by atoms with Crippen molar-refractivity contribution >= 4 is 12.3 Å². The monoisotopic (exact) mass is 208 g/mol. The van der Waals surface area contributed by atoms with Crippen LogP contribution in [0, 0.1) is 0 Å². The van der Waals surface area contributed by atoms with Gasteiger partial charge in [-0.05, 0) is 12.1 Å². The fourth-order valence-corrected chi connectivity index (χ4v) is 0.973. The molecule has 0 unspecified atom stereocenters. The Balaban J connectivity index is 2.67. The molecule has 1 N–H and O–H groups in total. The number of hydrazone groups is 1. The van der Waals surface area contributed by atoms with Crippen LogP contribution in [0.2, 0.25) is 0 Å². The number of nitrogens with one attached hydrogen (secondary N) is 1. The first-order valence-electron chi connectivity index (χ1n) is 4.28. The van der Waals surface area contributed by atoms with Crippen LogP contribution in [0.3, 0.4) is 0 Å². The molecule has 1 aromatic rings. The van der Waals surface area contributed by atoms with Gasteiger partial charge in [0.25, 0.3) is 0 Å². The van der Waals surface area contributed by atoms with Crippen molar-refractivity contribution in [3.8, 4) is 5.75 Å². The van der Waals surface area contributed by atoms with Crippen LogP contribution in [0.4, 0.5) is 4.79 Å². The van der Waals surface area contributed by atoms with Gasteiger partial charge in [0.1, 0.15) is 5.75 Å². The molecule has 0 aliphatic rings. The van der Waals surface area contributed by atoms with Gasteiger partial charge in [-0.3, -0.25) is 0 Å². The lowest BCUT2D eigenvalue weighted by Gasteiger charge is -2.02. The molecule has 0 radical (unpaired) electrons. The first-order valence-corrected chi connectivity index (χ1v) is 4.28. The van der Waals surface area contributed by atoms with Gasteiger partial charge in [-0.15, -0.1) is 0 Å². The highest BCUT2D eigenvalue weighted by atomic mass is 16.5. The van der Waals surface area contributed by atoms with Crippen molar-refractivity contribution in [2.45, 2.75) is 0 Å². The lowest BCUT2D eigenvalue weighted by Crippen LogP contribution is -2.16. The average molecular weight is 208 g/mol. The molecule has 5 nitrogen and oxygen atoms in total. The number of benzene rings is 1. The van der Waals surface area contributed by atoms with E-state index in [0.717, 1.165) is 5.56 Å². The van der Waals surface area contributed by atoms with Crippen molar-refractivity contribution in [1.82, 2.24) is 5.43 Å². The Kier molecular flexibility index (Phi) is 4.15. The van der Waals surface area contributed by atoms with E-state index in [-0.39, 0.29) is 0 Å². The number of rotatable bonds is 3. The summed E-state index contributed by atoms with van der Waals surface area (Å²) in [5.41, 5.74) is 2.96. The normalized spacial score (nSPS) is 10.0. The summed E-state index contributed by atoms with van der Waals surface area (Å²) >= 11 is 0. The number of carbonyl (C=O) groups excluding carboxylic acids is 1. The van der Waals surface area contributed by atoms with Crippen molar-refractivity contribution in [3.05, 3.63) is 29.8 Å². The summed E-state index contributed by atoms with van der Waals surface area (Å²) in [6.45, 7) is 0. The SMILES string of the molecule is COC(=O)N/N=C/c1ccccc1OC. The fourth-order valence-electron chi connectivity index (χ4n) is 0.973. The van der Waals surface area contributed by atoms with Crippen molar-refractivity contribution in [2.24, 2.45) is 5.10 Å². The van der Waals surface area contributed by atoms with Crippen LogP contribution in [-0.2, 0) is 4.74 Å². The third-order valence-corrected chi connectivity index (χ3v) is 1.68. The maximum atomic E-state index is 10.7. The van der Waals surface area contributed by atoms with Crippen LogP contribution in [-0.4, -0.2) is 26.5 Å². The van der Waals surface area contributed by atoms with E-state index in [2.05, 4.69) is 15.3 Å². The molecule has 0 aromatic heterocycles. The number of carbonyl (C=O) groups is 1. The molecule has 0 atom stereocenters. The van der Waals surface area contributed by atoms with Gasteiger partial charge in [-0.2, -0.15) is 5.10 Å². The van der Waals surface area contributed by atoms with Gasteiger partial charge in [-0.25, -0.2) is 10.2 Å². The van der Waals surface area contributed by atoms with Crippen molar-refractivity contribution in [3.63, 3.8) is 0 Å². The van der Waals surface area contributed by atoms with E-state index in [0.29, 0.717) is 5.75 Å². The second-order valence-corrected chi connectivity index (χ2v) is 2.60. The zero-order chi connectivity index (χ0) is 11.1. The third kappa shape index (κ3) is 3.30. The van der Waals surface area contributed by atoms with Crippen molar-refractivity contribution in [1.29, 1.82) is 0 Å². The quantitative estimate of drug-likeness (QED) is 0.603. The predicted molar refractivity (Wildman–Crippen MR) is 56.1 cm³/mol. The Morgan fingerprint density at radius 1 is 1.40 bits per heavy atom. The third-order valence-electron chi connectivity index (χ3n) is 1.68. The summed E-state index contributed by atoms with van der Waals surface area (Å²) in [5, 5.41) is 3.69. The summed E-state index contributed by atoms with van der Waals surface area (Å²) in [5.74, 6) is 0.688. The molecule has 0 bridgehead atoms. The molecule has 5 heteroatoms. The predicted octanol–water partition coefficient (Wildman–Crippen LogP) is 1.39. The number of amides is 1. The van der Waals surface area contributed by atoms with E-state index in [1.165, 1.54) is 13.3 Å². The summed E-state index contributed by atoms with van der Waals surface area (Å²) < 4.78 is 9.44. The number of ether oxygens (including phenoxy) is 2. The summed E-state index contributed by atoms with van der Waals surface area (Å²) in [6, 6.07) is 7.33. The molecule has 0 saturated carbocycles. The molecule has 15 heavy (non-hydrogen) atoms. The van der Waals surface area contributed by atoms with E-state index < -0.39 is 6.09 Å². The first-order chi connectivity index (χ1) is 7.27. The molecule has 0 fully saturated rings. The summed E-state index contributed by atoms with van der Waals surface area (Å²) in [6.07, 6.45) is 0.872. The van der Waals surface area contributed by atoms with E-state index >= 15 is 0 Å². The molecular weight excluding hydrogens is 196 g/mol. The van der Waals surface area contributed by atoms with Gasteiger partial charge < -0.3 is 9.47 Å². The van der Waals surface area contributed by atoms with E-state index in [1.807, 2.05) is 18.2 Å². The van der Waals surface area contributed by atoms with Crippen LogP contribution in [0.1, 0.15) is 5.56 Å². The molecule has 0 saturated heterocycles. The minimum Gasteiger partial charge on any atom is -0.496 e. The Bertz CT molecular complexity index is 363. The molecule has 1 rings (SSSR count). The lowest BCUT2D eigenvalue weighted by molar-refractivity contribution is 0.171. The highest BCUT2D eigenvalue weighted by molar-refractivity contribution is 5.84. The fraction of sp³-hybridized carbons (Fsp3) is 0.200. The zero-order valence-corrected chi connectivity index (χ0v) is 8.56. The maximum Gasteiger partial charge on any atom is 0.427 e. The number of hydrogen-bond donors (Lipinski definition) is 1. The standard InChI is InChI=1S/C10H12N2O3/c1-14-9-6-4-3-5-8(9)7-11-12-10(13)15-2/h3-7H,1-2H3,(H,12,13)/b11-7+. The number of nitrogens with zero attached hydrogens (tertiary/aromatic N) is 1. The molecule has 80 valence electrons. The lowest BCUT2D eigenvalue weighted by atomic mass is 10.2. The van der Waals surface area contributed by atoms with Crippen LogP contribution < -0.4 is 10.2 Å². The van der Waals surface area contributed by atoms with Gasteiger partial charge in [0.15, 0.2) is 0 Å². The van der Waals surface area contributed by atoms with Crippen LogP contribution in [0.5, 0.6) is 5.75 Å². The highest BCUT2D eigenvalue weighted by Crippen LogP contribution is 2.14. The van der Waals surface area contributed by atoms with Crippen molar-refractivity contribution in [2.75, 3.05) is 14.2 Å². The molecule has 0 spiro atoms. The van der Waals surface area contributed by atoms with Gasteiger partial charge in [0.05, 0.1) is 20.4 Å². The summed E-state index contributed by atoms with van der Waals surface area (Å²) in [7, 11) is 2.84. The van der Waals surface area contributed by atoms with Crippen LogP contribution in [0.25, 0.3) is 0 Å². The second-order valence-electron chi connectivity index (χ2n) is 2.60. The number of hydrogen-bond acceptors (Lipinski definition) is 4.